The van der Waals surface area contributed by atoms with Crippen LogP contribution < -0.4 is 11.1 Å². The average Bonchev–Trinajstić information content (AvgIpc) is 2.36. The lowest BCUT2D eigenvalue weighted by atomic mass is 10.1. The molecule has 0 radical (unpaired) electrons. The third-order valence-electron chi connectivity index (χ3n) is 2.68. The second-order valence-electron chi connectivity index (χ2n) is 4.15. The van der Waals surface area contributed by atoms with Gasteiger partial charge in [0.25, 0.3) is 5.91 Å². The lowest BCUT2D eigenvalue weighted by Gasteiger charge is -2.08. The van der Waals surface area contributed by atoms with Crippen molar-refractivity contribution in [3.05, 3.63) is 59.2 Å². The Morgan fingerprint density at radius 2 is 1.89 bits per heavy atom. The molecule has 3 N–H and O–H groups in total. The van der Waals surface area contributed by atoms with Crippen LogP contribution in [0.5, 0.6) is 0 Å². The van der Waals surface area contributed by atoms with Gasteiger partial charge in [0.05, 0.1) is 5.56 Å². The number of aryl methyl sites for hydroxylation is 1. The molecule has 0 bridgehead atoms. The predicted molar refractivity (Wildman–Crippen MR) is 69.9 cm³/mol. The highest BCUT2D eigenvalue weighted by Gasteiger charge is 2.11. The highest BCUT2D eigenvalue weighted by Crippen LogP contribution is 2.18. The third-order valence-corrected chi connectivity index (χ3v) is 2.68. The van der Waals surface area contributed by atoms with Gasteiger partial charge in [-0.3, -0.25) is 4.79 Å². The topological polar surface area (TPSA) is 55.1 Å². The Bertz CT molecular complexity index is 641. The van der Waals surface area contributed by atoms with Crippen LogP contribution in [0.1, 0.15) is 15.9 Å². The molecule has 0 atom stereocenters. The van der Waals surface area contributed by atoms with Crippen molar-refractivity contribution in [3.8, 4) is 0 Å². The van der Waals surface area contributed by atoms with Crippen LogP contribution in [-0.4, -0.2) is 5.91 Å². The fourth-order valence-corrected chi connectivity index (χ4v) is 1.65. The van der Waals surface area contributed by atoms with Gasteiger partial charge in [-0.05, 0) is 48.9 Å². The van der Waals surface area contributed by atoms with E-state index in [1.54, 1.807) is 6.92 Å². The van der Waals surface area contributed by atoms with Gasteiger partial charge in [0, 0.05) is 11.4 Å². The lowest BCUT2D eigenvalue weighted by Crippen LogP contribution is -2.14. The molecule has 0 saturated carbocycles. The first kappa shape index (κ1) is 13.0. The third kappa shape index (κ3) is 2.88. The van der Waals surface area contributed by atoms with E-state index in [0.717, 1.165) is 6.07 Å². The molecule has 19 heavy (non-hydrogen) atoms. The summed E-state index contributed by atoms with van der Waals surface area (Å²) in [5.41, 5.74) is 6.66. The Kier molecular flexibility index (Phi) is 3.46. The van der Waals surface area contributed by atoms with Crippen molar-refractivity contribution in [1.29, 1.82) is 0 Å². The van der Waals surface area contributed by atoms with Crippen LogP contribution in [0.25, 0.3) is 0 Å². The number of amides is 1. The minimum atomic E-state index is -0.547. The summed E-state index contributed by atoms with van der Waals surface area (Å²) in [5.74, 6) is -1.44. The Balaban J connectivity index is 2.25. The first-order valence-electron chi connectivity index (χ1n) is 5.60. The minimum Gasteiger partial charge on any atom is -0.398 e. The molecule has 3 nitrogen and oxygen atoms in total. The van der Waals surface area contributed by atoms with Crippen molar-refractivity contribution < 1.29 is 13.6 Å². The highest BCUT2D eigenvalue weighted by atomic mass is 19.1. The summed E-state index contributed by atoms with van der Waals surface area (Å²) >= 11 is 0. The van der Waals surface area contributed by atoms with Crippen molar-refractivity contribution in [1.82, 2.24) is 0 Å². The van der Waals surface area contributed by atoms with E-state index in [1.165, 1.54) is 30.3 Å². The molecule has 0 saturated heterocycles. The fraction of sp³-hybridized carbons (Fsp3) is 0.0714. The molecular formula is C14H12F2N2O. The fourth-order valence-electron chi connectivity index (χ4n) is 1.65. The molecule has 1 amide bonds. The van der Waals surface area contributed by atoms with Gasteiger partial charge < -0.3 is 11.1 Å². The first-order valence-corrected chi connectivity index (χ1v) is 5.60. The number of benzene rings is 2. The summed E-state index contributed by atoms with van der Waals surface area (Å²) in [6.07, 6.45) is 0. The zero-order valence-electron chi connectivity index (χ0n) is 10.2. The van der Waals surface area contributed by atoms with E-state index in [-0.39, 0.29) is 17.1 Å². The molecule has 5 heteroatoms. The number of nitrogen functional groups attached to an aromatic ring is 1. The van der Waals surface area contributed by atoms with E-state index < -0.39 is 11.7 Å². The SMILES string of the molecule is Cc1cc(NC(=O)c2cc(F)ccc2N)ccc1F. The van der Waals surface area contributed by atoms with Gasteiger partial charge in [0.1, 0.15) is 11.6 Å². The molecule has 0 fully saturated rings. The Hall–Kier alpha value is -2.43. The largest absolute Gasteiger partial charge is 0.398 e. The number of halogens is 2. The maximum atomic E-state index is 13.1. The van der Waals surface area contributed by atoms with Crippen molar-refractivity contribution in [2.24, 2.45) is 0 Å². The quantitative estimate of drug-likeness (QED) is 0.817. The van der Waals surface area contributed by atoms with Crippen LogP contribution >= 0.6 is 0 Å². The van der Waals surface area contributed by atoms with E-state index in [4.69, 9.17) is 5.73 Å². The maximum absolute atomic E-state index is 13.1. The molecule has 2 aromatic rings. The summed E-state index contributed by atoms with van der Waals surface area (Å²) in [6, 6.07) is 7.72. The molecule has 98 valence electrons. The van der Waals surface area contributed by atoms with Gasteiger partial charge in [-0.25, -0.2) is 8.78 Å². The number of carbonyl (C=O) groups is 1. The number of nitrogens with one attached hydrogen (secondary N) is 1. The number of carbonyl (C=O) groups excluding carboxylic acids is 1. The van der Waals surface area contributed by atoms with Gasteiger partial charge >= 0.3 is 0 Å². The molecule has 0 aliphatic carbocycles. The van der Waals surface area contributed by atoms with Crippen molar-refractivity contribution in [2.45, 2.75) is 6.92 Å². The monoisotopic (exact) mass is 262 g/mol. The minimum absolute atomic E-state index is 0.0435. The molecular weight excluding hydrogens is 250 g/mol. The van der Waals surface area contributed by atoms with Crippen molar-refractivity contribution >= 4 is 17.3 Å². The zero-order chi connectivity index (χ0) is 14.0. The number of rotatable bonds is 2. The molecule has 0 unspecified atom stereocenters. The van der Waals surface area contributed by atoms with Crippen LogP contribution in [0, 0.1) is 18.6 Å². The van der Waals surface area contributed by atoms with E-state index in [1.807, 2.05) is 0 Å². The molecule has 0 aromatic heterocycles. The summed E-state index contributed by atoms with van der Waals surface area (Å²) in [5, 5.41) is 2.54. The van der Waals surface area contributed by atoms with Crippen LogP contribution in [0.3, 0.4) is 0 Å². The lowest BCUT2D eigenvalue weighted by molar-refractivity contribution is 0.102. The Labute approximate surface area is 109 Å². The zero-order valence-corrected chi connectivity index (χ0v) is 10.2. The van der Waals surface area contributed by atoms with Crippen molar-refractivity contribution in [3.63, 3.8) is 0 Å². The van der Waals surface area contributed by atoms with E-state index in [0.29, 0.717) is 11.3 Å². The van der Waals surface area contributed by atoms with Crippen LogP contribution in [0.2, 0.25) is 0 Å². The molecule has 0 aliphatic heterocycles. The van der Waals surface area contributed by atoms with Crippen LogP contribution in [0.15, 0.2) is 36.4 Å². The number of hydrogen-bond acceptors (Lipinski definition) is 2. The van der Waals surface area contributed by atoms with Gasteiger partial charge in [0.2, 0.25) is 0 Å². The smallest absolute Gasteiger partial charge is 0.257 e. The summed E-state index contributed by atoms with van der Waals surface area (Å²) in [4.78, 5) is 11.9. The molecule has 0 spiro atoms. The predicted octanol–water partition coefficient (Wildman–Crippen LogP) is 3.11. The van der Waals surface area contributed by atoms with E-state index in [9.17, 15) is 13.6 Å². The number of anilines is 2. The molecule has 2 rings (SSSR count). The van der Waals surface area contributed by atoms with E-state index >= 15 is 0 Å². The van der Waals surface area contributed by atoms with Crippen molar-refractivity contribution in [2.75, 3.05) is 11.1 Å². The average molecular weight is 262 g/mol. The molecule has 2 aromatic carbocycles. The second kappa shape index (κ2) is 5.06. The summed E-state index contributed by atoms with van der Waals surface area (Å²) in [6.45, 7) is 1.58. The maximum Gasteiger partial charge on any atom is 0.257 e. The number of nitrogens with two attached hydrogens (primary N) is 1. The van der Waals surface area contributed by atoms with Gasteiger partial charge in [0.15, 0.2) is 0 Å². The Morgan fingerprint density at radius 1 is 1.16 bits per heavy atom. The standard InChI is InChI=1S/C14H12F2N2O/c1-8-6-10(3-4-12(8)16)18-14(19)11-7-9(15)2-5-13(11)17/h2-7H,17H2,1H3,(H,18,19). The van der Waals surface area contributed by atoms with Crippen LogP contribution in [-0.2, 0) is 0 Å². The first-order chi connectivity index (χ1) is 8.97. The number of hydrogen-bond donors (Lipinski definition) is 2. The molecule has 0 heterocycles. The normalized spacial score (nSPS) is 10.3. The second-order valence-corrected chi connectivity index (χ2v) is 4.15. The van der Waals surface area contributed by atoms with Gasteiger partial charge in [-0.2, -0.15) is 0 Å². The highest BCUT2D eigenvalue weighted by molar-refractivity contribution is 6.07. The van der Waals surface area contributed by atoms with Gasteiger partial charge in [-0.1, -0.05) is 0 Å². The Morgan fingerprint density at radius 3 is 2.58 bits per heavy atom. The van der Waals surface area contributed by atoms with E-state index in [2.05, 4.69) is 5.32 Å². The summed E-state index contributed by atoms with van der Waals surface area (Å²) in [7, 11) is 0. The summed E-state index contributed by atoms with van der Waals surface area (Å²) < 4.78 is 26.2. The molecule has 0 aliphatic rings. The van der Waals surface area contributed by atoms with Crippen LogP contribution in [0.4, 0.5) is 20.2 Å². The van der Waals surface area contributed by atoms with Gasteiger partial charge in [-0.15, -0.1) is 0 Å².